The predicted octanol–water partition coefficient (Wildman–Crippen LogP) is 3.15. The summed E-state index contributed by atoms with van der Waals surface area (Å²) < 4.78 is 29.6. The van der Waals surface area contributed by atoms with Crippen LogP contribution in [-0.2, 0) is 16.0 Å². The van der Waals surface area contributed by atoms with Gasteiger partial charge in [-0.05, 0) is 27.6 Å². The van der Waals surface area contributed by atoms with Crippen LogP contribution < -0.4 is 0 Å². The van der Waals surface area contributed by atoms with Crippen LogP contribution in [0.15, 0.2) is 10.5 Å². The van der Waals surface area contributed by atoms with E-state index in [2.05, 4.69) is 25.7 Å². The lowest BCUT2D eigenvalue weighted by Gasteiger charge is -2.08. The maximum atomic E-state index is 12.5. The van der Waals surface area contributed by atoms with E-state index in [4.69, 9.17) is 11.6 Å². The van der Waals surface area contributed by atoms with Crippen LogP contribution in [0, 0.1) is 0 Å². The number of carbonyl (C=O) groups excluding carboxylic acids is 1. The predicted molar refractivity (Wildman–Crippen MR) is 57.6 cm³/mol. The van der Waals surface area contributed by atoms with Crippen LogP contribution in [-0.4, -0.2) is 18.1 Å². The van der Waals surface area contributed by atoms with Gasteiger partial charge >= 0.3 is 5.97 Å². The Morgan fingerprint density at radius 3 is 2.81 bits per heavy atom. The summed E-state index contributed by atoms with van der Waals surface area (Å²) in [5, 5.41) is -0.0857. The lowest BCUT2D eigenvalue weighted by molar-refractivity contribution is -0.139. The van der Waals surface area contributed by atoms with Crippen LogP contribution in [0.3, 0.4) is 0 Å². The highest BCUT2D eigenvalue weighted by molar-refractivity contribution is 9.10. The molecule has 0 aliphatic heterocycles. The van der Waals surface area contributed by atoms with E-state index < -0.39 is 18.1 Å². The molecule has 0 N–H and O–H groups in total. The van der Waals surface area contributed by atoms with Crippen molar-refractivity contribution in [2.24, 2.45) is 0 Å². The van der Waals surface area contributed by atoms with Gasteiger partial charge in [0.15, 0.2) is 0 Å². The summed E-state index contributed by atoms with van der Waals surface area (Å²) in [5.74, 6) is -0.539. The maximum absolute atomic E-state index is 12.5. The number of ether oxygens (including phenoxy) is 1. The van der Waals surface area contributed by atoms with Crippen molar-refractivity contribution in [1.82, 2.24) is 4.98 Å². The van der Waals surface area contributed by atoms with Gasteiger partial charge in [0.05, 0.1) is 13.5 Å². The summed E-state index contributed by atoms with van der Waals surface area (Å²) in [4.78, 5) is 14.5. The molecule has 1 aromatic rings. The van der Waals surface area contributed by atoms with E-state index in [1.807, 2.05) is 0 Å². The summed E-state index contributed by atoms with van der Waals surface area (Å²) >= 11 is 8.54. The molecule has 1 heterocycles. The first kappa shape index (κ1) is 13.3. The third-order valence-corrected chi connectivity index (χ3v) is 2.91. The first-order valence-corrected chi connectivity index (χ1v) is 5.32. The number of carbonyl (C=O) groups is 1. The summed E-state index contributed by atoms with van der Waals surface area (Å²) in [6, 6.07) is 1.34. The van der Waals surface area contributed by atoms with E-state index in [1.54, 1.807) is 0 Å². The summed E-state index contributed by atoms with van der Waals surface area (Å²) in [5.41, 5.74) is -0.159. The number of esters is 1. The SMILES string of the molecule is COC(=O)Cc1cc(Cl)nc(C(F)F)c1Br. The van der Waals surface area contributed by atoms with E-state index in [0.717, 1.165) is 0 Å². The Balaban J connectivity index is 3.14. The number of aromatic nitrogens is 1. The third-order valence-electron chi connectivity index (χ3n) is 1.80. The van der Waals surface area contributed by atoms with Gasteiger partial charge in [-0.2, -0.15) is 0 Å². The van der Waals surface area contributed by atoms with Crippen molar-refractivity contribution in [3.63, 3.8) is 0 Å². The zero-order chi connectivity index (χ0) is 12.3. The molecule has 0 amide bonds. The summed E-state index contributed by atoms with van der Waals surface area (Å²) in [6.07, 6.45) is -2.90. The topological polar surface area (TPSA) is 39.2 Å². The largest absolute Gasteiger partial charge is 0.469 e. The fourth-order valence-electron chi connectivity index (χ4n) is 1.07. The Kier molecular flexibility index (Phi) is 4.61. The molecule has 1 aromatic heterocycles. The fourth-order valence-corrected chi connectivity index (χ4v) is 1.81. The quantitative estimate of drug-likeness (QED) is 0.635. The molecule has 0 radical (unpaired) electrons. The average Bonchev–Trinajstić information content (AvgIpc) is 2.22. The first-order valence-electron chi connectivity index (χ1n) is 4.15. The van der Waals surface area contributed by atoms with Gasteiger partial charge in [0.1, 0.15) is 10.8 Å². The highest BCUT2D eigenvalue weighted by Gasteiger charge is 2.19. The van der Waals surface area contributed by atoms with Crippen molar-refractivity contribution in [3.05, 3.63) is 26.9 Å². The minimum absolute atomic E-state index is 0.0808. The molecule has 0 bridgehead atoms. The molecule has 0 saturated heterocycles. The number of alkyl halides is 2. The molecule has 0 saturated carbocycles. The van der Waals surface area contributed by atoms with Gasteiger partial charge < -0.3 is 4.74 Å². The lowest BCUT2D eigenvalue weighted by atomic mass is 10.1. The van der Waals surface area contributed by atoms with Crippen LogP contribution in [0.2, 0.25) is 5.15 Å². The molecule has 0 atom stereocenters. The standard InChI is InChI=1S/C9H7BrClF2NO2/c1-16-6(15)3-4-2-5(11)14-8(7(4)10)9(12)13/h2,9H,3H2,1H3. The number of hydrogen-bond donors (Lipinski definition) is 0. The van der Waals surface area contributed by atoms with Gasteiger partial charge in [-0.15, -0.1) is 0 Å². The summed E-state index contributed by atoms with van der Waals surface area (Å²) in [7, 11) is 1.22. The first-order chi connectivity index (χ1) is 7.45. The average molecular weight is 315 g/mol. The molecule has 0 unspecified atom stereocenters. The van der Waals surface area contributed by atoms with E-state index in [0.29, 0.717) is 5.56 Å². The number of halogens is 4. The van der Waals surface area contributed by atoms with Crippen molar-refractivity contribution >= 4 is 33.5 Å². The molecule has 1 rings (SSSR count). The van der Waals surface area contributed by atoms with Crippen LogP contribution in [0.25, 0.3) is 0 Å². The van der Waals surface area contributed by atoms with Crippen LogP contribution >= 0.6 is 27.5 Å². The van der Waals surface area contributed by atoms with Crippen molar-refractivity contribution in [1.29, 1.82) is 0 Å². The van der Waals surface area contributed by atoms with Crippen molar-refractivity contribution in [2.75, 3.05) is 7.11 Å². The van der Waals surface area contributed by atoms with Gasteiger partial charge in [0, 0.05) is 4.47 Å². The number of methoxy groups -OCH3 is 1. The van der Waals surface area contributed by atoms with Crippen molar-refractivity contribution < 1.29 is 18.3 Å². The van der Waals surface area contributed by atoms with E-state index >= 15 is 0 Å². The third kappa shape index (κ3) is 3.12. The highest BCUT2D eigenvalue weighted by Crippen LogP contribution is 2.30. The lowest BCUT2D eigenvalue weighted by Crippen LogP contribution is -2.07. The minimum Gasteiger partial charge on any atom is -0.469 e. The second-order valence-corrected chi connectivity index (χ2v) is 4.04. The number of nitrogens with zero attached hydrogens (tertiary/aromatic N) is 1. The zero-order valence-electron chi connectivity index (χ0n) is 8.14. The molecule has 0 spiro atoms. The maximum Gasteiger partial charge on any atom is 0.310 e. The minimum atomic E-state index is -2.76. The molecule has 16 heavy (non-hydrogen) atoms. The molecular formula is C9H7BrClF2NO2. The van der Waals surface area contributed by atoms with E-state index in [-0.39, 0.29) is 16.0 Å². The van der Waals surface area contributed by atoms with Crippen LogP contribution in [0.4, 0.5) is 8.78 Å². The molecular weight excluding hydrogens is 307 g/mol. The van der Waals surface area contributed by atoms with Crippen molar-refractivity contribution in [3.8, 4) is 0 Å². The number of hydrogen-bond acceptors (Lipinski definition) is 3. The molecule has 3 nitrogen and oxygen atoms in total. The smallest absolute Gasteiger partial charge is 0.310 e. The molecule has 0 aliphatic rings. The zero-order valence-corrected chi connectivity index (χ0v) is 10.5. The molecule has 0 aliphatic carbocycles. The monoisotopic (exact) mass is 313 g/mol. The molecule has 7 heteroatoms. The Morgan fingerprint density at radius 1 is 1.69 bits per heavy atom. The Bertz CT molecular complexity index is 415. The normalized spacial score (nSPS) is 10.6. The van der Waals surface area contributed by atoms with Gasteiger partial charge in [0.25, 0.3) is 6.43 Å². The molecule has 88 valence electrons. The Hall–Kier alpha value is -0.750. The van der Waals surface area contributed by atoms with Crippen LogP contribution in [0.5, 0.6) is 0 Å². The van der Waals surface area contributed by atoms with Gasteiger partial charge in [0.2, 0.25) is 0 Å². The Morgan fingerprint density at radius 2 is 2.31 bits per heavy atom. The van der Waals surface area contributed by atoms with E-state index in [1.165, 1.54) is 13.2 Å². The number of pyridine rings is 1. The second-order valence-electron chi connectivity index (χ2n) is 2.86. The van der Waals surface area contributed by atoms with Crippen LogP contribution in [0.1, 0.15) is 17.7 Å². The van der Waals surface area contributed by atoms with Gasteiger partial charge in [-0.3, -0.25) is 4.79 Å². The van der Waals surface area contributed by atoms with Gasteiger partial charge in [-0.1, -0.05) is 11.6 Å². The van der Waals surface area contributed by atoms with E-state index in [9.17, 15) is 13.6 Å². The summed E-state index contributed by atoms with van der Waals surface area (Å²) in [6.45, 7) is 0. The van der Waals surface area contributed by atoms with Gasteiger partial charge in [-0.25, -0.2) is 13.8 Å². The molecule has 0 aromatic carbocycles. The fraction of sp³-hybridized carbons (Fsp3) is 0.333. The highest BCUT2D eigenvalue weighted by atomic mass is 79.9. The second kappa shape index (κ2) is 5.54. The van der Waals surface area contributed by atoms with Crippen molar-refractivity contribution in [2.45, 2.75) is 12.8 Å². The Labute approximate surface area is 104 Å². The molecule has 0 fully saturated rings. The number of rotatable bonds is 3.